The molecule has 1 saturated carbocycles. The van der Waals surface area contributed by atoms with E-state index in [1.165, 1.54) is 29.3 Å². The zero-order valence-corrected chi connectivity index (χ0v) is 11.5. The third-order valence-electron chi connectivity index (χ3n) is 4.35. The molecular weight excluding hydrogens is 232 g/mol. The van der Waals surface area contributed by atoms with Crippen LogP contribution in [0.15, 0.2) is 42.5 Å². The highest BCUT2D eigenvalue weighted by Gasteiger charge is 2.29. The molecule has 19 heavy (non-hydrogen) atoms. The van der Waals surface area contributed by atoms with E-state index in [2.05, 4.69) is 54.3 Å². The second kappa shape index (κ2) is 5.22. The lowest BCUT2D eigenvalue weighted by Crippen LogP contribution is -2.44. The van der Waals surface area contributed by atoms with Gasteiger partial charge in [-0.05, 0) is 37.6 Å². The number of nitrogens with zero attached hydrogens (tertiary/aromatic N) is 1. The van der Waals surface area contributed by atoms with Gasteiger partial charge in [0, 0.05) is 29.7 Å². The summed E-state index contributed by atoms with van der Waals surface area (Å²) >= 11 is 0. The molecule has 2 N–H and O–H groups in total. The van der Waals surface area contributed by atoms with Crippen molar-refractivity contribution in [3.8, 4) is 0 Å². The van der Waals surface area contributed by atoms with Crippen LogP contribution in [0.1, 0.15) is 26.2 Å². The largest absolute Gasteiger partial charge is 0.367 e. The van der Waals surface area contributed by atoms with Gasteiger partial charge in [-0.15, -0.1) is 0 Å². The Morgan fingerprint density at radius 2 is 1.89 bits per heavy atom. The Hall–Kier alpha value is -1.54. The van der Waals surface area contributed by atoms with E-state index in [9.17, 15) is 0 Å². The van der Waals surface area contributed by atoms with Gasteiger partial charge in [-0.2, -0.15) is 0 Å². The van der Waals surface area contributed by atoms with Crippen LogP contribution in [0.25, 0.3) is 10.8 Å². The van der Waals surface area contributed by atoms with Gasteiger partial charge >= 0.3 is 0 Å². The summed E-state index contributed by atoms with van der Waals surface area (Å²) in [6.07, 6.45) is 3.64. The summed E-state index contributed by atoms with van der Waals surface area (Å²) in [5.74, 6) is 0. The Morgan fingerprint density at radius 3 is 2.63 bits per heavy atom. The van der Waals surface area contributed by atoms with E-state index >= 15 is 0 Å². The monoisotopic (exact) mass is 254 g/mol. The number of benzene rings is 2. The van der Waals surface area contributed by atoms with Gasteiger partial charge in [0.1, 0.15) is 0 Å². The predicted octanol–water partition coefficient (Wildman–Crippen LogP) is 3.55. The lowest BCUT2D eigenvalue weighted by atomic mass is 10.0. The Morgan fingerprint density at radius 1 is 1.11 bits per heavy atom. The average Bonchev–Trinajstić information content (AvgIpc) is 2.86. The minimum atomic E-state index is 0.318. The SMILES string of the molecule is CCN(c1cccc2ccccc12)C1CCCC1N. The van der Waals surface area contributed by atoms with Gasteiger partial charge in [-0.1, -0.05) is 36.4 Å². The quantitative estimate of drug-likeness (QED) is 0.907. The van der Waals surface area contributed by atoms with Crippen molar-refractivity contribution in [2.75, 3.05) is 11.4 Å². The van der Waals surface area contributed by atoms with Crippen molar-refractivity contribution < 1.29 is 0 Å². The summed E-state index contributed by atoms with van der Waals surface area (Å²) in [6.45, 7) is 3.25. The molecule has 0 spiro atoms. The molecule has 2 aromatic carbocycles. The molecule has 0 saturated heterocycles. The van der Waals surface area contributed by atoms with Crippen LogP contribution in [-0.4, -0.2) is 18.6 Å². The van der Waals surface area contributed by atoms with E-state index in [0.717, 1.165) is 13.0 Å². The van der Waals surface area contributed by atoms with Crippen LogP contribution in [0.5, 0.6) is 0 Å². The van der Waals surface area contributed by atoms with E-state index in [1.807, 2.05) is 0 Å². The first-order valence-electron chi connectivity index (χ1n) is 7.31. The zero-order valence-electron chi connectivity index (χ0n) is 11.5. The fourth-order valence-corrected chi connectivity index (χ4v) is 3.40. The van der Waals surface area contributed by atoms with Gasteiger partial charge in [-0.25, -0.2) is 0 Å². The first-order valence-corrected chi connectivity index (χ1v) is 7.31. The molecule has 0 bridgehead atoms. The lowest BCUT2D eigenvalue weighted by Gasteiger charge is -2.33. The Kier molecular flexibility index (Phi) is 3.43. The first kappa shape index (κ1) is 12.5. The maximum absolute atomic E-state index is 6.30. The van der Waals surface area contributed by atoms with Gasteiger partial charge in [-0.3, -0.25) is 0 Å². The number of anilines is 1. The van der Waals surface area contributed by atoms with E-state index in [0.29, 0.717) is 12.1 Å². The van der Waals surface area contributed by atoms with E-state index < -0.39 is 0 Å². The molecule has 1 fully saturated rings. The number of nitrogens with two attached hydrogens (primary N) is 1. The van der Waals surface area contributed by atoms with Gasteiger partial charge in [0.25, 0.3) is 0 Å². The Balaban J connectivity index is 2.06. The second-order valence-corrected chi connectivity index (χ2v) is 5.45. The normalized spacial score (nSPS) is 22.8. The Labute approximate surface area is 115 Å². The minimum absolute atomic E-state index is 0.318. The summed E-state index contributed by atoms with van der Waals surface area (Å²) in [5, 5.41) is 2.65. The van der Waals surface area contributed by atoms with Crippen LogP contribution >= 0.6 is 0 Å². The number of likely N-dealkylation sites (N-methyl/N-ethyl adjacent to an activating group) is 1. The summed E-state index contributed by atoms with van der Waals surface area (Å²) in [6, 6.07) is 16.0. The van der Waals surface area contributed by atoms with Crippen molar-refractivity contribution in [1.82, 2.24) is 0 Å². The van der Waals surface area contributed by atoms with Gasteiger partial charge in [0.05, 0.1) is 0 Å². The molecule has 1 aliphatic carbocycles. The van der Waals surface area contributed by atoms with Gasteiger partial charge in [0.15, 0.2) is 0 Å². The van der Waals surface area contributed by atoms with E-state index in [1.54, 1.807) is 0 Å². The lowest BCUT2D eigenvalue weighted by molar-refractivity contribution is 0.552. The number of rotatable bonds is 3. The number of fused-ring (bicyclic) bond motifs is 1. The third kappa shape index (κ3) is 2.21. The third-order valence-corrected chi connectivity index (χ3v) is 4.35. The molecule has 100 valence electrons. The second-order valence-electron chi connectivity index (χ2n) is 5.45. The topological polar surface area (TPSA) is 29.3 Å². The summed E-state index contributed by atoms with van der Waals surface area (Å²) in [7, 11) is 0. The van der Waals surface area contributed by atoms with Crippen LogP contribution < -0.4 is 10.6 Å². The van der Waals surface area contributed by atoms with Crippen LogP contribution in [0, 0.1) is 0 Å². The molecular formula is C17H22N2. The van der Waals surface area contributed by atoms with Gasteiger partial charge in [0.2, 0.25) is 0 Å². The molecule has 0 radical (unpaired) electrons. The molecule has 2 unspecified atom stereocenters. The maximum Gasteiger partial charge on any atom is 0.0448 e. The zero-order chi connectivity index (χ0) is 13.2. The molecule has 0 heterocycles. The standard InChI is InChI=1S/C17H22N2/c1-2-19(17-12-6-10-15(17)18)16-11-5-8-13-7-3-4-9-14(13)16/h3-5,7-9,11,15,17H,2,6,10,12,18H2,1H3. The highest BCUT2D eigenvalue weighted by Crippen LogP contribution is 2.32. The molecule has 3 rings (SSSR count). The first-order chi connectivity index (χ1) is 9.31. The molecule has 2 atom stereocenters. The fraction of sp³-hybridized carbons (Fsp3) is 0.412. The van der Waals surface area contributed by atoms with Crippen molar-refractivity contribution >= 4 is 16.5 Å². The average molecular weight is 254 g/mol. The van der Waals surface area contributed by atoms with Crippen LogP contribution in [0.4, 0.5) is 5.69 Å². The van der Waals surface area contributed by atoms with Crippen molar-refractivity contribution in [3.63, 3.8) is 0 Å². The summed E-state index contributed by atoms with van der Waals surface area (Å²) in [5.41, 5.74) is 7.63. The molecule has 2 nitrogen and oxygen atoms in total. The molecule has 0 aromatic heterocycles. The van der Waals surface area contributed by atoms with Crippen molar-refractivity contribution in [1.29, 1.82) is 0 Å². The van der Waals surface area contributed by atoms with Crippen molar-refractivity contribution in [2.24, 2.45) is 5.73 Å². The van der Waals surface area contributed by atoms with E-state index in [-0.39, 0.29) is 0 Å². The molecule has 0 amide bonds. The molecule has 2 aromatic rings. The fourth-order valence-electron chi connectivity index (χ4n) is 3.40. The molecule has 1 aliphatic rings. The van der Waals surface area contributed by atoms with E-state index in [4.69, 9.17) is 5.73 Å². The number of hydrogen-bond donors (Lipinski definition) is 1. The van der Waals surface area contributed by atoms with Crippen molar-refractivity contribution in [3.05, 3.63) is 42.5 Å². The summed E-state index contributed by atoms with van der Waals surface area (Å²) < 4.78 is 0. The van der Waals surface area contributed by atoms with Crippen LogP contribution in [0.2, 0.25) is 0 Å². The van der Waals surface area contributed by atoms with Crippen LogP contribution in [0.3, 0.4) is 0 Å². The van der Waals surface area contributed by atoms with Crippen molar-refractivity contribution in [2.45, 2.75) is 38.3 Å². The highest BCUT2D eigenvalue weighted by molar-refractivity contribution is 5.94. The summed E-state index contributed by atoms with van der Waals surface area (Å²) in [4.78, 5) is 2.50. The minimum Gasteiger partial charge on any atom is -0.367 e. The maximum atomic E-state index is 6.30. The number of hydrogen-bond acceptors (Lipinski definition) is 2. The Bertz CT molecular complexity index is 559. The van der Waals surface area contributed by atoms with Gasteiger partial charge < -0.3 is 10.6 Å². The molecule has 0 aliphatic heterocycles. The highest BCUT2D eigenvalue weighted by atomic mass is 15.2. The molecule has 2 heteroatoms. The smallest absolute Gasteiger partial charge is 0.0448 e. The van der Waals surface area contributed by atoms with Crippen LogP contribution in [-0.2, 0) is 0 Å². The predicted molar refractivity (Wildman–Crippen MR) is 82.6 cm³/mol.